The number of oxazole rings is 1. The summed E-state index contributed by atoms with van der Waals surface area (Å²) in [5, 5.41) is 16.8. The molecule has 0 saturated carbocycles. The van der Waals surface area contributed by atoms with E-state index in [9.17, 15) is 9.90 Å². The van der Waals surface area contributed by atoms with Gasteiger partial charge in [-0.2, -0.15) is 4.98 Å². The van der Waals surface area contributed by atoms with E-state index >= 15 is 0 Å². The Morgan fingerprint density at radius 2 is 2.15 bits per heavy atom. The Morgan fingerprint density at radius 3 is 2.92 bits per heavy atom. The van der Waals surface area contributed by atoms with Gasteiger partial charge in [-0.25, -0.2) is 0 Å². The first-order valence-electron chi connectivity index (χ1n) is 9.10. The molecule has 1 amide bonds. The van der Waals surface area contributed by atoms with Crippen LogP contribution in [0.4, 0.5) is 6.01 Å². The van der Waals surface area contributed by atoms with E-state index in [0.717, 1.165) is 24.9 Å². The summed E-state index contributed by atoms with van der Waals surface area (Å²) in [6.07, 6.45) is 1.68. The molecule has 0 aliphatic carbocycles. The summed E-state index contributed by atoms with van der Waals surface area (Å²) in [6, 6.07) is 5.77. The van der Waals surface area contributed by atoms with E-state index in [4.69, 9.17) is 16.0 Å². The Kier molecular flexibility index (Phi) is 5.02. The number of anilines is 1. The molecule has 1 aromatic heterocycles. The number of benzene rings is 1. The summed E-state index contributed by atoms with van der Waals surface area (Å²) in [4.78, 5) is 19.1. The maximum atomic E-state index is 12.5. The highest BCUT2D eigenvalue weighted by Crippen LogP contribution is 2.28. The summed E-state index contributed by atoms with van der Waals surface area (Å²) in [7, 11) is 0. The van der Waals surface area contributed by atoms with Gasteiger partial charge < -0.3 is 25.1 Å². The molecule has 0 spiro atoms. The third-order valence-corrected chi connectivity index (χ3v) is 5.48. The number of carbonyl (C=O) groups is 1. The molecular formula is C18H23ClN4O3. The van der Waals surface area contributed by atoms with E-state index in [2.05, 4.69) is 20.5 Å². The molecule has 4 rings (SSSR count). The lowest BCUT2D eigenvalue weighted by Crippen LogP contribution is -2.55. The molecule has 2 aliphatic heterocycles. The van der Waals surface area contributed by atoms with Gasteiger partial charge in [0, 0.05) is 36.6 Å². The first-order valence-corrected chi connectivity index (χ1v) is 9.48. The summed E-state index contributed by atoms with van der Waals surface area (Å²) in [5.41, 5.74) is 1.45. The van der Waals surface area contributed by atoms with Crippen LogP contribution in [0, 0.1) is 5.92 Å². The van der Waals surface area contributed by atoms with Gasteiger partial charge in [0.1, 0.15) is 5.52 Å². The molecule has 0 radical (unpaired) electrons. The molecule has 2 atom stereocenters. The minimum atomic E-state index is -0.466. The number of aliphatic hydroxyl groups is 1. The Hall–Kier alpha value is -1.83. The molecule has 140 valence electrons. The smallest absolute Gasteiger partial charge is 0.298 e. The molecule has 2 saturated heterocycles. The minimum absolute atomic E-state index is 0.0294. The van der Waals surface area contributed by atoms with Crippen LogP contribution in [-0.2, 0) is 4.79 Å². The van der Waals surface area contributed by atoms with Crippen molar-refractivity contribution in [2.75, 3.05) is 31.1 Å². The average molecular weight is 379 g/mol. The zero-order chi connectivity index (χ0) is 18.1. The number of piperidine rings is 2. The molecule has 7 nitrogen and oxygen atoms in total. The maximum absolute atomic E-state index is 12.5. The molecule has 1 aromatic carbocycles. The van der Waals surface area contributed by atoms with Crippen LogP contribution < -0.4 is 15.5 Å². The van der Waals surface area contributed by atoms with Gasteiger partial charge in [-0.1, -0.05) is 11.6 Å². The predicted molar refractivity (Wildman–Crippen MR) is 99.4 cm³/mol. The van der Waals surface area contributed by atoms with Crippen molar-refractivity contribution in [3.8, 4) is 0 Å². The van der Waals surface area contributed by atoms with E-state index in [-0.39, 0.29) is 17.9 Å². The van der Waals surface area contributed by atoms with Crippen LogP contribution in [0.1, 0.15) is 19.3 Å². The number of nitrogens with zero attached hydrogens (tertiary/aromatic N) is 2. The van der Waals surface area contributed by atoms with Gasteiger partial charge in [0.05, 0.1) is 12.1 Å². The minimum Gasteiger partial charge on any atom is -0.423 e. The number of fused-ring (bicyclic) bond motifs is 1. The van der Waals surface area contributed by atoms with E-state index in [1.54, 1.807) is 12.1 Å². The second kappa shape index (κ2) is 7.42. The lowest BCUT2D eigenvalue weighted by Gasteiger charge is -2.33. The molecular weight excluding hydrogens is 356 g/mol. The molecule has 3 heterocycles. The zero-order valence-corrected chi connectivity index (χ0v) is 15.2. The van der Waals surface area contributed by atoms with Crippen LogP contribution in [0.25, 0.3) is 11.1 Å². The molecule has 0 bridgehead atoms. The van der Waals surface area contributed by atoms with Gasteiger partial charge in [0.25, 0.3) is 6.01 Å². The highest BCUT2D eigenvalue weighted by atomic mass is 35.5. The maximum Gasteiger partial charge on any atom is 0.298 e. The number of amides is 1. The number of rotatable bonds is 3. The van der Waals surface area contributed by atoms with Gasteiger partial charge in [-0.05, 0) is 37.9 Å². The monoisotopic (exact) mass is 378 g/mol. The van der Waals surface area contributed by atoms with Crippen molar-refractivity contribution >= 4 is 34.6 Å². The fourth-order valence-corrected chi connectivity index (χ4v) is 3.81. The highest BCUT2D eigenvalue weighted by molar-refractivity contribution is 6.31. The third-order valence-electron chi connectivity index (χ3n) is 5.25. The number of carbonyl (C=O) groups excluding carboxylic acids is 1. The topological polar surface area (TPSA) is 90.6 Å². The first kappa shape index (κ1) is 17.6. The Labute approximate surface area is 156 Å². The second-order valence-corrected chi connectivity index (χ2v) is 7.48. The van der Waals surface area contributed by atoms with Gasteiger partial charge in [-0.15, -0.1) is 0 Å². The highest BCUT2D eigenvalue weighted by Gasteiger charge is 2.31. The molecule has 2 aliphatic rings. The molecule has 3 N–H and O–H groups in total. The standard InChI is InChI=1S/C18H23ClN4O3/c19-12-1-2-13-16(9-12)26-18(22-13)23-7-4-11(5-8-23)17(25)21-14-10-20-6-3-15(14)24/h1-2,9,11,14-15,20,24H,3-8,10H2,(H,21,25)/t14-,15+/m0/s1. The molecule has 26 heavy (non-hydrogen) atoms. The lowest BCUT2D eigenvalue weighted by atomic mass is 9.95. The van der Waals surface area contributed by atoms with E-state index in [1.165, 1.54) is 0 Å². The Bertz CT molecular complexity index is 788. The van der Waals surface area contributed by atoms with Gasteiger partial charge in [0.2, 0.25) is 5.91 Å². The summed E-state index contributed by atoms with van der Waals surface area (Å²) >= 11 is 5.99. The number of nitrogens with one attached hydrogen (secondary N) is 2. The van der Waals surface area contributed by atoms with Crippen LogP contribution >= 0.6 is 11.6 Å². The van der Waals surface area contributed by atoms with Crippen molar-refractivity contribution in [1.29, 1.82) is 0 Å². The molecule has 2 fully saturated rings. The van der Waals surface area contributed by atoms with Crippen molar-refractivity contribution in [3.63, 3.8) is 0 Å². The second-order valence-electron chi connectivity index (χ2n) is 7.05. The summed E-state index contributed by atoms with van der Waals surface area (Å²) in [6.45, 7) is 2.84. The quantitative estimate of drug-likeness (QED) is 0.750. The molecule has 0 unspecified atom stereocenters. The van der Waals surface area contributed by atoms with Crippen LogP contribution in [-0.4, -0.2) is 54.3 Å². The zero-order valence-electron chi connectivity index (χ0n) is 14.4. The van der Waals surface area contributed by atoms with Crippen molar-refractivity contribution < 1.29 is 14.3 Å². The number of aliphatic hydroxyl groups excluding tert-OH is 1. The van der Waals surface area contributed by atoms with Gasteiger partial charge >= 0.3 is 0 Å². The van der Waals surface area contributed by atoms with Gasteiger partial charge in [-0.3, -0.25) is 4.79 Å². The fraction of sp³-hybridized carbons (Fsp3) is 0.556. The van der Waals surface area contributed by atoms with Crippen molar-refractivity contribution in [3.05, 3.63) is 23.2 Å². The first-order chi connectivity index (χ1) is 12.6. The van der Waals surface area contributed by atoms with Crippen molar-refractivity contribution in [2.45, 2.75) is 31.4 Å². The van der Waals surface area contributed by atoms with Crippen LogP contribution in [0.2, 0.25) is 5.02 Å². The van der Waals surface area contributed by atoms with Crippen LogP contribution in [0.5, 0.6) is 0 Å². The fourth-order valence-electron chi connectivity index (χ4n) is 3.65. The number of halogens is 1. The number of hydrogen-bond donors (Lipinski definition) is 3. The Balaban J connectivity index is 1.35. The number of aromatic nitrogens is 1. The van der Waals surface area contributed by atoms with Crippen LogP contribution in [0.15, 0.2) is 22.6 Å². The van der Waals surface area contributed by atoms with E-state index in [0.29, 0.717) is 42.7 Å². The van der Waals surface area contributed by atoms with Crippen molar-refractivity contribution in [1.82, 2.24) is 15.6 Å². The van der Waals surface area contributed by atoms with Gasteiger partial charge in [0.15, 0.2) is 5.58 Å². The Morgan fingerprint density at radius 1 is 1.35 bits per heavy atom. The predicted octanol–water partition coefficient (Wildman–Crippen LogP) is 1.54. The van der Waals surface area contributed by atoms with Crippen molar-refractivity contribution in [2.24, 2.45) is 5.92 Å². The largest absolute Gasteiger partial charge is 0.423 e. The third kappa shape index (κ3) is 3.65. The summed E-state index contributed by atoms with van der Waals surface area (Å²) in [5.74, 6) is -0.0130. The molecule has 8 heteroatoms. The SMILES string of the molecule is O=C(N[C@H]1CNCC[C@H]1O)C1CCN(c2nc3ccc(Cl)cc3o2)CC1. The number of hydrogen-bond acceptors (Lipinski definition) is 6. The van der Waals surface area contributed by atoms with Crippen LogP contribution in [0.3, 0.4) is 0 Å². The van der Waals surface area contributed by atoms with E-state index in [1.807, 2.05) is 6.07 Å². The molecule has 2 aromatic rings. The lowest BCUT2D eigenvalue weighted by molar-refractivity contribution is -0.127. The average Bonchev–Trinajstić information content (AvgIpc) is 3.07. The van der Waals surface area contributed by atoms with E-state index < -0.39 is 6.10 Å². The summed E-state index contributed by atoms with van der Waals surface area (Å²) < 4.78 is 5.81. The normalized spacial score (nSPS) is 24.8.